The number of aliphatic hydroxyl groups is 2. The van der Waals surface area contributed by atoms with Crippen molar-refractivity contribution in [1.82, 2.24) is 0 Å². The summed E-state index contributed by atoms with van der Waals surface area (Å²) in [4.78, 5) is 12.7. The van der Waals surface area contributed by atoms with Gasteiger partial charge in [-0.1, -0.05) is 58.4 Å². The van der Waals surface area contributed by atoms with Crippen molar-refractivity contribution in [3.8, 4) is 0 Å². The summed E-state index contributed by atoms with van der Waals surface area (Å²) in [5, 5.41) is 32.8. The number of hydrogen-bond acceptors (Lipinski definition) is 3. The number of carbonyl (C=O) groups is 1. The average molecular weight is 457 g/mol. The normalized spacial score (nSPS) is 53.1. The van der Waals surface area contributed by atoms with Crippen LogP contribution in [0.5, 0.6) is 0 Å². The highest BCUT2D eigenvalue weighted by Crippen LogP contribution is 2.75. The van der Waals surface area contributed by atoms with Crippen LogP contribution in [0.2, 0.25) is 0 Å². The number of hydrogen-bond donors (Lipinski definition) is 3. The number of carboxylic acids is 1. The topological polar surface area (TPSA) is 77.8 Å². The molecule has 0 aromatic heterocycles. The molecule has 5 aliphatic carbocycles. The Morgan fingerprint density at radius 2 is 1.70 bits per heavy atom. The molecular weight excluding hydrogens is 412 g/mol. The third kappa shape index (κ3) is 2.69. The summed E-state index contributed by atoms with van der Waals surface area (Å²) in [6.07, 6.45) is 8.78. The van der Waals surface area contributed by atoms with E-state index in [9.17, 15) is 20.1 Å². The highest BCUT2D eigenvalue weighted by molar-refractivity contribution is 5.78. The van der Waals surface area contributed by atoms with Crippen molar-refractivity contribution in [2.24, 2.45) is 44.8 Å². The van der Waals surface area contributed by atoms with Crippen LogP contribution < -0.4 is 0 Å². The number of aliphatic carboxylic acids is 1. The maximum atomic E-state index is 12.7. The molecule has 0 bridgehead atoms. The molecule has 0 spiro atoms. The number of allylic oxidation sites excluding steroid dienone is 3. The zero-order valence-electron chi connectivity index (χ0n) is 21.3. The zero-order valence-corrected chi connectivity index (χ0v) is 21.3. The van der Waals surface area contributed by atoms with Crippen LogP contribution >= 0.6 is 0 Å². The summed E-state index contributed by atoms with van der Waals surface area (Å²) in [6, 6.07) is 0. The lowest BCUT2D eigenvalue weighted by Gasteiger charge is -2.71. The van der Waals surface area contributed by atoms with Gasteiger partial charge in [0.1, 0.15) is 5.41 Å². The van der Waals surface area contributed by atoms with Crippen molar-refractivity contribution in [3.05, 3.63) is 23.8 Å². The smallest absolute Gasteiger partial charge is 0.312 e. The lowest BCUT2D eigenvalue weighted by Crippen LogP contribution is -2.67. The molecule has 4 nitrogen and oxygen atoms in total. The molecule has 4 heteroatoms. The second kappa shape index (κ2) is 6.97. The van der Waals surface area contributed by atoms with Gasteiger partial charge in [-0.15, -0.1) is 0 Å². The van der Waals surface area contributed by atoms with E-state index in [1.54, 1.807) is 0 Å². The van der Waals surface area contributed by atoms with Crippen LogP contribution in [0.15, 0.2) is 23.8 Å². The molecule has 3 unspecified atom stereocenters. The molecule has 0 aromatic rings. The molecule has 4 fully saturated rings. The molecule has 33 heavy (non-hydrogen) atoms. The Bertz CT molecular complexity index is 919. The lowest BCUT2D eigenvalue weighted by atomic mass is 9.33. The molecule has 5 aliphatic rings. The summed E-state index contributed by atoms with van der Waals surface area (Å²) < 4.78 is 0. The van der Waals surface area contributed by atoms with Crippen LogP contribution in [-0.2, 0) is 4.79 Å². The first-order chi connectivity index (χ1) is 15.2. The Balaban J connectivity index is 1.63. The van der Waals surface area contributed by atoms with Gasteiger partial charge in [-0.2, -0.15) is 0 Å². The Kier molecular flexibility index (Phi) is 4.98. The number of rotatable bonds is 1. The first kappa shape index (κ1) is 23.6. The fourth-order valence-electron chi connectivity index (χ4n) is 10.3. The number of fused-ring (bicyclic) bond motifs is 7. The van der Waals surface area contributed by atoms with Gasteiger partial charge >= 0.3 is 5.97 Å². The van der Waals surface area contributed by atoms with Crippen LogP contribution in [0.4, 0.5) is 0 Å². The van der Waals surface area contributed by atoms with E-state index in [-0.39, 0.29) is 33.7 Å². The van der Waals surface area contributed by atoms with E-state index in [2.05, 4.69) is 47.3 Å². The van der Waals surface area contributed by atoms with Crippen LogP contribution in [0.3, 0.4) is 0 Å². The predicted octanol–water partition coefficient (Wildman–Crippen LogP) is 5.73. The Labute approximate surface area is 199 Å². The van der Waals surface area contributed by atoms with Gasteiger partial charge in [-0.25, -0.2) is 0 Å². The van der Waals surface area contributed by atoms with Gasteiger partial charge in [0.2, 0.25) is 0 Å². The fraction of sp³-hybridized carbons (Fsp3) is 0.828. The van der Waals surface area contributed by atoms with Gasteiger partial charge in [-0.3, -0.25) is 4.79 Å². The molecular formula is C29H44O4. The molecule has 184 valence electrons. The molecule has 9 atom stereocenters. The summed E-state index contributed by atoms with van der Waals surface area (Å²) in [5.41, 5.74) is 1.18. The van der Waals surface area contributed by atoms with Gasteiger partial charge in [0, 0.05) is 5.92 Å². The van der Waals surface area contributed by atoms with Crippen molar-refractivity contribution >= 4 is 5.97 Å². The highest BCUT2D eigenvalue weighted by atomic mass is 16.4. The van der Waals surface area contributed by atoms with E-state index in [4.69, 9.17) is 0 Å². The molecule has 3 N–H and O–H groups in total. The van der Waals surface area contributed by atoms with E-state index >= 15 is 0 Å². The van der Waals surface area contributed by atoms with E-state index in [0.29, 0.717) is 37.5 Å². The average Bonchev–Trinajstić information content (AvgIpc) is 2.71. The highest BCUT2D eigenvalue weighted by Gasteiger charge is 2.70. The van der Waals surface area contributed by atoms with Crippen LogP contribution in [0.25, 0.3) is 0 Å². The monoisotopic (exact) mass is 456 g/mol. The summed E-state index contributed by atoms with van der Waals surface area (Å²) in [6.45, 7) is 16.0. The van der Waals surface area contributed by atoms with Crippen molar-refractivity contribution in [2.75, 3.05) is 0 Å². The molecule has 0 radical (unpaired) electrons. The minimum atomic E-state index is -1.08. The SMILES string of the molecule is C=C1CC[C@@]2(C(=O)O)C(C1)C1=CCC3[C@@]4(C)CC[C@H](O)C(C)(C)C4CC[C@@]3(C)[C@]1(C)C[C@@H]2O. The molecule has 0 saturated heterocycles. The second-order valence-electron chi connectivity index (χ2n) is 13.7. The van der Waals surface area contributed by atoms with Crippen LogP contribution in [0.1, 0.15) is 92.4 Å². The van der Waals surface area contributed by atoms with Gasteiger partial charge in [-0.05, 0) is 91.3 Å². The van der Waals surface area contributed by atoms with E-state index in [1.165, 1.54) is 5.57 Å². The summed E-state index contributed by atoms with van der Waals surface area (Å²) >= 11 is 0. The van der Waals surface area contributed by atoms with E-state index < -0.39 is 17.5 Å². The van der Waals surface area contributed by atoms with Gasteiger partial charge in [0.15, 0.2) is 0 Å². The molecule has 0 heterocycles. The first-order valence-electron chi connectivity index (χ1n) is 13.2. The standard InChI is InChI=1S/C29H44O4/c1-17-9-14-29(24(32)33)19(15-17)18-7-8-21-26(4)12-11-22(30)25(2,3)20(26)10-13-27(21,5)28(18,6)16-23(29)31/h7,19-23,30-31H,1,8-16H2,2-6H3,(H,32,33)/t19?,20?,21?,22-,23-,26-,27+,28+,29+/m0/s1. The quantitative estimate of drug-likeness (QED) is 0.440. The lowest BCUT2D eigenvalue weighted by molar-refractivity contribution is -0.215. The van der Waals surface area contributed by atoms with Crippen LogP contribution in [-0.4, -0.2) is 33.5 Å². The zero-order chi connectivity index (χ0) is 24.2. The van der Waals surface area contributed by atoms with Crippen molar-refractivity contribution < 1.29 is 20.1 Å². The second-order valence-corrected chi connectivity index (χ2v) is 13.7. The van der Waals surface area contributed by atoms with Gasteiger partial charge < -0.3 is 15.3 Å². The number of carboxylic acid groups (broad SMARTS) is 1. The molecule has 5 rings (SSSR count). The molecule has 0 aromatic carbocycles. The van der Waals surface area contributed by atoms with E-state index in [1.807, 2.05) is 0 Å². The first-order valence-corrected chi connectivity index (χ1v) is 13.2. The van der Waals surface area contributed by atoms with Gasteiger partial charge in [0.25, 0.3) is 0 Å². The molecule has 0 amide bonds. The Hall–Kier alpha value is -1.13. The molecule has 4 saturated carbocycles. The van der Waals surface area contributed by atoms with Crippen molar-refractivity contribution in [2.45, 2.75) is 105 Å². The van der Waals surface area contributed by atoms with Crippen LogP contribution in [0, 0.1) is 44.8 Å². The van der Waals surface area contributed by atoms with Crippen molar-refractivity contribution in [3.63, 3.8) is 0 Å². The predicted molar refractivity (Wildman–Crippen MR) is 129 cm³/mol. The Morgan fingerprint density at radius 1 is 1.00 bits per heavy atom. The minimum Gasteiger partial charge on any atom is -0.481 e. The molecule has 0 aliphatic heterocycles. The summed E-state index contributed by atoms with van der Waals surface area (Å²) in [5.74, 6) is -0.0357. The largest absolute Gasteiger partial charge is 0.481 e. The Morgan fingerprint density at radius 3 is 2.36 bits per heavy atom. The third-order valence-electron chi connectivity index (χ3n) is 12.5. The third-order valence-corrected chi connectivity index (χ3v) is 12.5. The van der Waals surface area contributed by atoms with E-state index in [0.717, 1.165) is 37.7 Å². The van der Waals surface area contributed by atoms with Gasteiger partial charge in [0.05, 0.1) is 12.2 Å². The van der Waals surface area contributed by atoms with Crippen molar-refractivity contribution in [1.29, 1.82) is 0 Å². The fourth-order valence-corrected chi connectivity index (χ4v) is 10.3. The summed E-state index contributed by atoms with van der Waals surface area (Å²) in [7, 11) is 0. The maximum absolute atomic E-state index is 12.7. The maximum Gasteiger partial charge on any atom is 0.312 e. The number of aliphatic hydroxyl groups excluding tert-OH is 2. The minimum absolute atomic E-state index is 0.00509.